The summed E-state index contributed by atoms with van der Waals surface area (Å²) < 4.78 is 5.99. The van der Waals surface area contributed by atoms with Crippen LogP contribution in [-0.4, -0.2) is 41.3 Å². The third-order valence-electron chi connectivity index (χ3n) is 7.34. The van der Waals surface area contributed by atoms with Crippen LogP contribution in [0.1, 0.15) is 50.6 Å². The van der Waals surface area contributed by atoms with Crippen LogP contribution in [0.15, 0.2) is 66.7 Å². The summed E-state index contributed by atoms with van der Waals surface area (Å²) in [5.41, 5.74) is 6.71. The lowest BCUT2D eigenvalue weighted by Gasteiger charge is -2.29. The van der Waals surface area contributed by atoms with Gasteiger partial charge in [0.15, 0.2) is 0 Å². The Labute approximate surface area is 205 Å². The molecule has 0 aliphatic carbocycles. The van der Waals surface area contributed by atoms with E-state index in [4.69, 9.17) is 4.74 Å². The molecular weight excluding hydrogens is 438 g/mol. The van der Waals surface area contributed by atoms with Gasteiger partial charge in [0.05, 0.1) is 19.0 Å². The van der Waals surface area contributed by atoms with E-state index in [1.165, 1.54) is 16.7 Å². The summed E-state index contributed by atoms with van der Waals surface area (Å²) in [5.74, 6) is 0.780. The summed E-state index contributed by atoms with van der Waals surface area (Å²) in [7, 11) is 0. The second kappa shape index (κ2) is 9.19. The molecule has 0 spiro atoms. The van der Waals surface area contributed by atoms with Crippen LogP contribution in [0.3, 0.4) is 0 Å². The number of nitrogens with zero attached hydrogens (tertiary/aromatic N) is 2. The van der Waals surface area contributed by atoms with E-state index in [2.05, 4.69) is 46.6 Å². The van der Waals surface area contributed by atoms with E-state index in [0.717, 1.165) is 42.9 Å². The zero-order chi connectivity index (χ0) is 23.8. The third-order valence-corrected chi connectivity index (χ3v) is 7.34. The Kier molecular flexibility index (Phi) is 5.74. The molecule has 0 fully saturated rings. The molecule has 35 heavy (non-hydrogen) atoms. The second-order valence-corrected chi connectivity index (χ2v) is 9.65. The molecule has 3 aromatic rings. The molecule has 178 valence electrons. The molecule has 0 bridgehead atoms. The quantitative estimate of drug-likeness (QED) is 0.633. The van der Waals surface area contributed by atoms with Gasteiger partial charge in [0.25, 0.3) is 5.91 Å². The first-order valence-corrected chi connectivity index (χ1v) is 12.4. The van der Waals surface area contributed by atoms with E-state index < -0.39 is 0 Å². The standard InChI is InChI=1S/C29H29N3O3/c33-28(16-26-24-7-3-4-8-25(24)29(34)30-26)32-13-14-35-27-10-9-20(15-23(27)19-32)17-31-12-11-21-5-1-2-6-22(21)18-31/h1-10,15,26H,11-14,16-19H2,(H,30,34). The first-order chi connectivity index (χ1) is 17.1. The number of fused-ring (bicyclic) bond motifs is 3. The van der Waals surface area contributed by atoms with Crippen molar-refractivity contribution in [3.63, 3.8) is 0 Å². The molecule has 0 saturated carbocycles. The molecule has 6 heteroatoms. The molecule has 0 radical (unpaired) electrons. The van der Waals surface area contributed by atoms with Gasteiger partial charge in [-0.15, -0.1) is 0 Å². The van der Waals surface area contributed by atoms with Crippen molar-refractivity contribution < 1.29 is 14.3 Å². The molecule has 3 aromatic carbocycles. The first kappa shape index (κ1) is 21.9. The minimum absolute atomic E-state index is 0.0292. The van der Waals surface area contributed by atoms with E-state index in [-0.39, 0.29) is 24.3 Å². The maximum Gasteiger partial charge on any atom is 0.252 e. The molecule has 6 rings (SSSR count). The van der Waals surface area contributed by atoms with Gasteiger partial charge in [-0.2, -0.15) is 0 Å². The van der Waals surface area contributed by atoms with Crippen LogP contribution >= 0.6 is 0 Å². The average Bonchev–Trinajstić information content (AvgIpc) is 3.05. The highest BCUT2D eigenvalue weighted by Crippen LogP contribution is 2.30. The zero-order valence-electron chi connectivity index (χ0n) is 19.7. The van der Waals surface area contributed by atoms with Crippen molar-refractivity contribution in [3.05, 3.63) is 100 Å². The molecule has 3 aliphatic rings. The van der Waals surface area contributed by atoms with E-state index in [9.17, 15) is 9.59 Å². The monoisotopic (exact) mass is 467 g/mol. The van der Waals surface area contributed by atoms with Gasteiger partial charge in [-0.25, -0.2) is 0 Å². The number of carbonyl (C=O) groups is 2. The molecule has 1 N–H and O–H groups in total. The van der Waals surface area contributed by atoms with Gasteiger partial charge in [-0.05, 0) is 46.9 Å². The maximum absolute atomic E-state index is 13.3. The van der Waals surface area contributed by atoms with E-state index >= 15 is 0 Å². The Balaban J connectivity index is 1.14. The number of hydrogen-bond donors (Lipinski definition) is 1. The number of amides is 2. The lowest BCUT2D eigenvalue weighted by atomic mass is 9.99. The molecule has 3 heterocycles. The van der Waals surface area contributed by atoms with Gasteiger partial charge in [0, 0.05) is 37.3 Å². The van der Waals surface area contributed by atoms with Crippen LogP contribution in [0.2, 0.25) is 0 Å². The average molecular weight is 468 g/mol. The number of ether oxygens (including phenoxy) is 1. The Morgan fingerprint density at radius 1 is 0.943 bits per heavy atom. The third kappa shape index (κ3) is 4.42. The zero-order valence-corrected chi connectivity index (χ0v) is 19.7. The van der Waals surface area contributed by atoms with Gasteiger partial charge in [-0.3, -0.25) is 14.5 Å². The Morgan fingerprint density at radius 3 is 2.69 bits per heavy atom. The number of nitrogens with one attached hydrogen (secondary N) is 1. The fourth-order valence-corrected chi connectivity index (χ4v) is 5.49. The van der Waals surface area contributed by atoms with Crippen LogP contribution in [0.5, 0.6) is 5.75 Å². The van der Waals surface area contributed by atoms with Crippen LogP contribution in [0.4, 0.5) is 0 Å². The van der Waals surface area contributed by atoms with Crippen molar-refractivity contribution in [3.8, 4) is 5.75 Å². The summed E-state index contributed by atoms with van der Waals surface area (Å²) in [6, 6.07) is 22.3. The SMILES string of the molecule is O=C1NC(CC(=O)N2CCOc3ccc(CN4CCc5ccccc5C4)cc3C2)c2ccccc21. The number of hydrogen-bond acceptors (Lipinski definition) is 4. The predicted octanol–water partition coefficient (Wildman–Crippen LogP) is 3.84. The second-order valence-electron chi connectivity index (χ2n) is 9.65. The smallest absolute Gasteiger partial charge is 0.252 e. The van der Waals surface area contributed by atoms with Crippen LogP contribution < -0.4 is 10.1 Å². The normalized spacial score (nSPS) is 19.1. The Morgan fingerprint density at radius 2 is 1.77 bits per heavy atom. The summed E-state index contributed by atoms with van der Waals surface area (Å²) in [4.78, 5) is 29.9. The lowest BCUT2D eigenvalue weighted by Crippen LogP contribution is -2.35. The fourth-order valence-electron chi connectivity index (χ4n) is 5.49. The molecule has 2 amide bonds. The molecule has 0 aromatic heterocycles. The molecule has 6 nitrogen and oxygen atoms in total. The van der Waals surface area contributed by atoms with Crippen molar-refractivity contribution in [1.29, 1.82) is 0 Å². The van der Waals surface area contributed by atoms with Crippen LogP contribution in [0, 0.1) is 0 Å². The van der Waals surface area contributed by atoms with Crippen molar-refractivity contribution in [1.82, 2.24) is 15.1 Å². The summed E-state index contributed by atoms with van der Waals surface area (Å²) in [6.07, 6.45) is 1.33. The number of rotatable bonds is 4. The highest BCUT2D eigenvalue weighted by molar-refractivity contribution is 5.99. The predicted molar refractivity (Wildman–Crippen MR) is 133 cm³/mol. The van der Waals surface area contributed by atoms with Crippen molar-refractivity contribution in [2.75, 3.05) is 19.7 Å². The molecule has 0 saturated heterocycles. The van der Waals surface area contributed by atoms with Crippen LogP contribution in [-0.2, 0) is 30.8 Å². The fraction of sp³-hybridized carbons (Fsp3) is 0.310. The van der Waals surface area contributed by atoms with E-state index in [0.29, 0.717) is 25.3 Å². The topological polar surface area (TPSA) is 61.9 Å². The molecular formula is C29H29N3O3. The Hall–Kier alpha value is -3.64. The summed E-state index contributed by atoms with van der Waals surface area (Å²) >= 11 is 0. The van der Waals surface area contributed by atoms with Crippen molar-refractivity contribution in [2.24, 2.45) is 0 Å². The number of carbonyl (C=O) groups excluding carboxylic acids is 2. The lowest BCUT2D eigenvalue weighted by molar-refractivity contribution is -0.132. The van der Waals surface area contributed by atoms with Crippen LogP contribution in [0.25, 0.3) is 0 Å². The van der Waals surface area contributed by atoms with Gasteiger partial charge >= 0.3 is 0 Å². The summed E-state index contributed by atoms with van der Waals surface area (Å²) in [5, 5.41) is 2.96. The van der Waals surface area contributed by atoms with Gasteiger partial charge in [0.1, 0.15) is 12.4 Å². The maximum atomic E-state index is 13.3. The first-order valence-electron chi connectivity index (χ1n) is 12.4. The molecule has 1 unspecified atom stereocenters. The van der Waals surface area contributed by atoms with E-state index in [1.54, 1.807) is 0 Å². The van der Waals surface area contributed by atoms with Gasteiger partial charge in [-0.1, -0.05) is 48.5 Å². The van der Waals surface area contributed by atoms with Crippen molar-refractivity contribution in [2.45, 2.75) is 38.5 Å². The molecule has 3 aliphatic heterocycles. The minimum atomic E-state index is -0.275. The summed E-state index contributed by atoms with van der Waals surface area (Å²) in [6.45, 7) is 4.41. The van der Waals surface area contributed by atoms with Crippen molar-refractivity contribution >= 4 is 11.8 Å². The number of benzene rings is 3. The Bertz CT molecular complexity index is 1290. The van der Waals surface area contributed by atoms with E-state index in [1.807, 2.05) is 35.2 Å². The largest absolute Gasteiger partial charge is 0.491 e. The van der Waals surface area contributed by atoms with Gasteiger partial charge in [0.2, 0.25) is 5.91 Å². The van der Waals surface area contributed by atoms with Gasteiger partial charge < -0.3 is 15.0 Å². The highest BCUT2D eigenvalue weighted by atomic mass is 16.5. The highest BCUT2D eigenvalue weighted by Gasteiger charge is 2.31. The molecule has 1 atom stereocenters. The minimum Gasteiger partial charge on any atom is -0.491 e.